The molecule has 0 saturated carbocycles. The number of halogens is 7. The predicted molar refractivity (Wildman–Crippen MR) is 131 cm³/mol. The SMILES string of the molecule is C[C@@H](O[C@H]1OCC[N+]([O-])(Cc2nn[nH]c2CN(C)C)[C@H]1c1ccc(F)cc1)c1cc(C(F)(F)F)cc(C(F)(F)F)c1. The zero-order chi connectivity index (χ0) is 30.2. The summed E-state index contributed by atoms with van der Waals surface area (Å²) in [4.78, 5) is 1.84. The summed E-state index contributed by atoms with van der Waals surface area (Å²) in [5, 5.41) is 25.0. The summed E-state index contributed by atoms with van der Waals surface area (Å²) in [7, 11) is 3.62. The molecule has 2 aromatic carbocycles. The third-order valence-electron chi connectivity index (χ3n) is 6.74. The van der Waals surface area contributed by atoms with Gasteiger partial charge in [-0.05, 0) is 69.0 Å². The van der Waals surface area contributed by atoms with E-state index >= 15 is 0 Å². The number of hydrogen-bond acceptors (Lipinski definition) is 6. The number of nitrogens with zero attached hydrogens (tertiary/aromatic N) is 4. The molecule has 4 atom stereocenters. The van der Waals surface area contributed by atoms with Gasteiger partial charge in [0.2, 0.25) is 6.29 Å². The molecule has 1 saturated heterocycles. The van der Waals surface area contributed by atoms with E-state index in [2.05, 4.69) is 15.4 Å². The molecule has 8 nitrogen and oxygen atoms in total. The molecule has 0 spiro atoms. The largest absolute Gasteiger partial charge is 0.632 e. The highest BCUT2D eigenvalue weighted by atomic mass is 19.4. The Balaban J connectivity index is 1.71. The van der Waals surface area contributed by atoms with Crippen molar-refractivity contribution < 1.29 is 44.9 Å². The Morgan fingerprint density at radius 1 is 1.07 bits per heavy atom. The summed E-state index contributed by atoms with van der Waals surface area (Å²) in [6.07, 6.45) is -12.9. The maximum Gasteiger partial charge on any atom is 0.416 e. The van der Waals surface area contributed by atoms with Crippen molar-refractivity contribution in [3.8, 4) is 0 Å². The lowest BCUT2D eigenvalue weighted by Gasteiger charge is -2.53. The van der Waals surface area contributed by atoms with Crippen LogP contribution >= 0.6 is 0 Å². The average molecular weight is 592 g/mol. The second kappa shape index (κ2) is 11.6. The van der Waals surface area contributed by atoms with Crippen molar-refractivity contribution in [1.29, 1.82) is 0 Å². The quantitative estimate of drug-likeness (QED) is 0.205. The highest BCUT2D eigenvalue weighted by molar-refractivity contribution is 5.34. The smallest absolute Gasteiger partial charge is 0.416 e. The number of quaternary nitrogens is 1. The molecule has 3 aromatic rings. The Hall–Kier alpha value is -3.11. The Morgan fingerprint density at radius 2 is 1.68 bits per heavy atom. The second-order valence-corrected chi connectivity index (χ2v) is 10.2. The Morgan fingerprint density at radius 3 is 2.24 bits per heavy atom. The Labute approximate surface area is 230 Å². The van der Waals surface area contributed by atoms with Crippen LogP contribution in [0, 0.1) is 11.0 Å². The van der Waals surface area contributed by atoms with Crippen LogP contribution in [0.15, 0.2) is 42.5 Å². The third-order valence-corrected chi connectivity index (χ3v) is 6.74. The van der Waals surface area contributed by atoms with Crippen molar-refractivity contribution in [1.82, 2.24) is 20.3 Å². The van der Waals surface area contributed by atoms with Gasteiger partial charge in [-0.2, -0.15) is 26.3 Å². The van der Waals surface area contributed by atoms with Crippen molar-refractivity contribution in [2.24, 2.45) is 0 Å². The minimum absolute atomic E-state index is 0.0252. The highest BCUT2D eigenvalue weighted by Gasteiger charge is 2.45. The fraction of sp³-hybridized carbons (Fsp3) is 0.462. The monoisotopic (exact) mass is 591 g/mol. The number of ether oxygens (including phenoxy) is 2. The molecule has 1 aromatic heterocycles. The van der Waals surface area contributed by atoms with Gasteiger partial charge < -0.3 is 24.2 Å². The van der Waals surface area contributed by atoms with Gasteiger partial charge in [0.15, 0.2) is 6.04 Å². The third kappa shape index (κ3) is 7.22. The highest BCUT2D eigenvalue weighted by Crippen LogP contribution is 2.42. The topological polar surface area (TPSA) is 86.3 Å². The summed E-state index contributed by atoms with van der Waals surface area (Å²) in [5.41, 5.74) is -2.15. The first-order valence-electron chi connectivity index (χ1n) is 12.5. The molecule has 0 radical (unpaired) electrons. The summed E-state index contributed by atoms with van der Waals surface area (Å²) < 4.78 is 105. The van der Waals surface area contributed by atoms with Gasteiger partial charge in [-0.15, -0.1) is 5.10 Å². The maximum absolute atomic E-state index is 14.4. The number of H-pyrrole nitrogens is 1. The van der Waals surface area contributed by atoms with Crippen LogP contribution in [0.3, 0.4) is 0 Å². The summed E-state index contributed by atoms with van der Waals surface area (Å²) in [6, 6.07) is 4.94. The molecule has 1 N–H and O–H groups in total. The van der Waals surface area contributed by atoms with E-state index in [0.717, 1.165) is 12.1 Å². The van der Waals surface area contributed by atoms with Crippen LogP contribution in [0.2, 0.25) is 0 Å². The van der Waals surface area contributed by atoms with Gasteiger partial charge in [-0.1, -0.05) is 5.21 Å². The van der Waals surface area contributed by atoms with Crippen LogP contribution in [0.4, 0.5) is 30.7 Å². The summed E-state index contributed by atoms with van der Waals surface area (Å²) in [6.45, 7) is 1.24. The van der Waals surface area contributed by atoms with Crippen molar-refractivity contribution in [2.75, 3.05) is 27.2 Å². The van der Waals surface area contributed by atoms with E-state index in [1.807, 2.05) is 19.0 Å². The molecule has 224 valence electrons. The zero-order valence-corrected chi connectivity index (χ0v) is 22.3. The van der Waals surface area contributed by atoms with Gasteiger partial charge in [0.1, 0.15) is 24.6 Å². The standard InChI is InChI=1S/C26H28F7N5O3/c1-15(17-10-18(25(28,29)30)12-19(11-17)26(31,32)33)41-24-23(16-4-6-20(27)7-5-16)38(39,8-9-40-24)14-22-21(13-37(2)3)34-36-35-22/h4-7,10-12,15,23-24H,8-9,13-14H2,1-3H3,(H,34,35,36)/t15-,23+,24-,38?/m1/s1. The molecule has 4 rings (SSSR count). The van der Waals surface area contributed by atoms with Crippen LogP contribution < -0.4 is 0 Å². The first-order chi connectivity index (χ1) is 19.1. The number of benzene rings is 2. The van der Waals surface area contributed by atoms with Crippen molar-refractivity contribution in [3.63, 3.8) is 0 Å². The number of rotatable bonds is 8. The van der Waals surface area contributed by atoms with E-state index in [-0.39, 0.29) is 25.8 Å². The van der Waals surface area contributed by atoms with Crippen molar-refractivity contribution in [2.45, 2.75) is 50.8 Å². The number of aromatic nitrogens is 3. The van der Waals surface area contributed by atoms with Crippen LogP contribution in [0.5, 0.6) is 0 Å². The van der Waals surface area contributed by atoms with E-state index < -0.39 is 57.9 Å². The number of hydrogen-bond donors (Lipinski definition) is 1. The molecular formula is C26H28F7N5O3. The molecule has 1 fully saturated rings. The molecule has 0 bridgehead atoms. The fourth-order valence-electron chi connectivity index (χ4n) is 4.74. The van der Waals surface area contributed by atoms with Gasteiger partial charge in [-0.25, -0.2) is 4.39 Å². The van der Waals surface area contributed by atoms with Gasteiger partial charge in [0.05, 0.1) is 29.5 Å². The van der Waals surface area contributed by atoms with Crippen molar-refractivity contribution in [3.05, 3.63) is 87.1 Å². The van der Waals surface area contributed by atoms with Crippen LogP contribution in [-0.2, 0) is 34.9 Å². The minimum atomic E-state index is -5.05. The molecule has 1 unspecified atom stereocenters. The molecule has 2 heterocycles. The van der Waals surface area contributed by atoms with Gasteiger partial charge in [0.25, 0.3) is 0 Å². The molecule has 1 aliphatic heterocycles. The van der Waals surface area contributed by atoms with Gasteiger partial charge >= 0.3 is 12.4 Å². The average Bonchev–Trinajstić information content (AvgIpc) is 3.28. The van der Waals surface area contributed by atoms with E-state index in [4.69, 9.17) is 9.47 Å². The first-order valence-corrected chi connectivity index (χ1v) is 12.5. The number of morpholine rings is 1. The molecule has 0 aliphatic carbocycles. The van der Waals surface area contributed by atoms with E-state index in [0.29, 0.717) is 35.6 Å². The Bertz CT molecular complexity index is 1300. The van der Waals surface area contributed by atoms with Gasteiger partial charge in [-0.3, -0.25) is 5.10 Å². The number of alkyl halides is 6. The second-order valence-electron chi connectivity index (χ2n) is 10.2. The van der Waals surface area contributed by atoms with Crippen molar-refractivity contribution >= 4 is 0 Å². The molecule has 15 heteroatoms. The Kier molecular flexibility index (Phi) is 8.76. The minimum Gasteiger partial charge on any atom is -0.632 e. The lowest BCUT2D eigenvalue weighted by Crippen LogP contribution is -2.56. The normalized spacial score (nSPS) is 22.7. The number of hydroxylamine groups is 3. The molecular weight excluding hydrogens is 563 g/mol. The van der Waals surface area contributed by atoms with Gasteiger partial charge in [0, 0.05) is 12.1 Å². The molecule has 1 aliphatic rings. The fourth-order valence-corrected chi connectivity index (χ4v) is 4.74. The van der Waals surface area contributed by atoms with E-state index in [1.165, 1.54) is 19.1 Å². The van der Waals surface area contributed by atoms with Crippen LogP contribution in [0.25, 0.3) is 0 Å². The lowest BCUT2D eigenvalue weighted by molar-refractivity contribution is -0.941. The first kappa shape index (κ1) is 30.8. The summed E-state index contributed by atoms with van der Waals surface area (Å²) >= 11 is 0. The van der Waals surface area contributed by atoms with E-state index in [1.54, 1.807) is 0 Å². The van der Waals surface area contributed by atoms with Crippen LogP contribution in [0.1, 0.15) is 52.7 Å². The predicted octanol–water partition coefficient (Wildman–Crippen LogP) is 5.73. The lowest BCUT2D eigenvalue weighted by atomic mass is 10.00. The number of nitrogens with one attached hydrogen (secondary N) is 1. The van der Waals surface area contributed by atoms with Crippen LogP contribution in [-0.4, -0.2) is 58.5 Å². The zero-order valence-electron chi connectivity index (χ0n) is 22.3. The number of aromatic amines is 1. The molecule has 41 heavy (non-hydrogen) atoms. The maximum atomic E-state index is 14.4. The summed E-state index contributed by atoms with van der Waals surface area (Å²) in [5.74, 6) is -0.575. The van der Waals surface area contributed by atoms with E-state index in [9.17, 15) is 35.9 Å². The molecule has 0 amide bonds.